The molecular weight excluding hydrogens is 552 g/mol. The number of ether oxygens (including phenoxy) is 1. The third kappa shape index (κ3) is 8.19. The van der Waals surface area contributed by atoms with Crippen molar-refractivity contribution in [3.63, 3.8) is 0 Å². The Morgan fingerprint density at radius 1 is 1.13 bits per heavy atom. The summed E-state index contributed by atoms with van der Waals surface area (Å²) < 4.78 is 19.1. The zero-order chi connectivity index (χ0) is 25.4. The Hall–Kier alpha value is -1.66. The first-order valence-electron chi connectivity index (χ1n) is 11.9. The van der Waals surface area contributed by atoms with E-state index in [1.165, 1.54) is 19.0 Å². The molecule has 8 nitrogen and oxygen atoms in total. The van der Waals surface area contributed by atoms with Crippen LogP contribution in [0.4, 0.5) is 0 Å². The van der Waals surface area contributed by atoms with E-state index in [1.807, 2.05) is 52.0 Å². The zero-order valence-corrected chi connectivity index (χ0v) is 25.3. The van der Waals surface area contributed by atoms with Crippen LogP contribution in [0.2, 0.25) is 0 Å². The molecule has 0 bridgehead atoms. The van der Waals surface area contributed by atoms with Gasteiger partial charge in [-0.15, -0.1) is 0 Å². The van der Waals surface area contributed by atoms with Gasteiger partial charge in [0.05, 0.1) is 23.2 Å². The van der Waals surface area contributed by atoms with Crippen LogP contribution in [0.1, 0.15) is 65.2 Å². The molecule has 12 heteroatoms. The van der Waals surface area contributed by atoms with Crippen LogP contribution in [0.3, 0.4) is 0 Å². The fraction of sp³-hybridized carbons (Fsp3) is 0.444. The van der Waals surface area contributed by atoms with Crippen LogP contribution < -0.4 is 41.4 Å². The number of carbonyl (C=O) groups excluding carboxylic acids is 1. The molecule has 39 heavy (non-hydrogen) atoms. The molecule has 5 rings (SSSR count). The second-order valence-corrected chi connectivity index (χ2v) is 9.86. The van der Waals surface area contributed by atoms with E-state index in [9.17, 15) is 9.59 Å². The Kier molecular flexibility index (Phi) is 14.2. The number of nitrogens with zero attached hydrogens (tertiary/aromatic N) is 2. The first-order valence-corrected chi connectivity index (χ1v) is 11.9. The molecule has 3 aromatic rings. The van der Waals surface area contributed by atoms with E-state index in [2.05, 4.69) is 4.98 Å². The summed E-state index contributed by atoms with van der Waals surface area (Å²) in [6.07, 6.45) is 5.62. The van der Waals surface area contributed by atoms with Crippen molar-refractivity contribution in [3.8, 4) is 5.69 Å². The fourth-order valence-electron chi connectivity index (χ4n) is 3.61. The standard InChI is InChI=1S/C23H25BN2O5.C3H7N.CH4.2ClH.Mg/c1-6-29-21(28)18-14-26(20-17(19(18)27)11-8-12-25-20)16-10-7-9-15(13-16)24-30-22(2,3)23(4,5)31-24;4-3-1-2-3;;;;/h7-14H,6H2,1-5H3;3H,1-2,4H2;1H4;2*1H;/q;;;;;+2/p-2. The van der Waals surface area contributed by atoms with Gasteiger partial charge in [0.1, 0.15) is 11.2 Å². The first-order chi connectivity index (χ1) is 16.5. The molecule has 0 unspecified atom stereocenters. The molecule has 0 radical (unpaired) electrons. The number of fused-ring (bicyclic) bond motifs is 1. The zero-order valence-electron chi connectivity index (χ0n) is 22.4. The molecule has 0 amide bonds. The number of nitrogens with two attached hydrogens (primary N) is 1. The molecule has 2 aromatic heterocycles. The van der Waals surface area contributed by atoms with Gasteiger partial charge in [-0.3, -0.25) is 4.79 Å². The van der Waals surface area contributed by atoms with E-state index in [4.69, 9.17) is 19.8 Å². The van der Waals surface area contributed by atoms with Crippen molar-refractivity contribution in [2.75, 3.05) is 6.61 Å². The first kappa shape index (κ1) is 37.3. The van der Waals surface area contributed by atoms with Crippen LogP contribution in [-0.4, -0.2) is 69.5 Å². The summed E-state index contributed by atoms with van der Waals surface area (Å²) in [6, 6.07) is 11.5. The predicted molar refractivity (Wildman–Crippen MR) is 149 cm³/mol. The van der Waals surface area contributed by atoms with Crippen molar-refractivity contribution >= 4 is 52.6 Å². The quantitative estimate of drug-likeness (QED) is 0.260. The van der Waals surface area contributed by atoms with Gasteiger partial charge in [-0.05, 0) is 77.2 Å². The molecule has 0 spiro atoms. The SMILES string of the molecule is C.CCOC(=O)c1cn(-c2cccc(B3OC(C)(C)C(C)(C)O3)c2)c2ncccc2c1=O.NC1CC1.[Cl-].[Cl-].[Mg+2]. The van der Waals surface area contributed by atoms with Gasteiger partial charge in [0.2, 0.25) is 5.43 Å². The van der Waals surface area contributed by atoms with Gasteiger partial charge < -0.3 is 49.2 Å². The minimum Gasteiger partial charge on any atom is -1.00 e. The van der Waals surface area contributed by atoms with E-state index in [1.54, 1.807) is 29.8 Å². The molecule has 2 fully saturated rings. The molecular formula is C27H36BCl2MgN3O5. The predicted octanol–water partition coefficient (Wildman–Crippen LogP) is -2.77. The van der Waals surface area contributed by atoms with Gasteiger partial charge in [0, 0.05) is 24.1 Å². The molecule has 1 aliphatic heterocycles. The van der Waals surface area contributed by atoms with Gasteiger partial charge in [-0.1, -0.05) is 19.6 Å². The van der Waals surface area contributed by atoms with Crippen molar-refractivity contribution in [3.05, 3.63) is 64.6 Å². The van der Waals surface area contributed by atoms with Crippen LogP contribution >= 0.6 is 0 Å². The van der Waals surface area contributed by atoms with Gasteiger partial charge in [0.15, 0.2) is 0 Å². The Morgan fingerprint density at radius 3 is 2.26 bits per heavy atom. The maximum Gasteiger partial charge on any atom is 2.00 e. The molecule has 3 heterocycles. The number of hydrogen-bond donors (Lipinski definition) is 1. The molecule has 1 saturated carbocycles. The Bertz CT molecular complexity index is 1300. The van der Waals surface area contributed by atoms with Crippen LogP contribution in [0.15, 0.2) is 53.6 Å². The molecule has 1 saturated heterocycles. The summed E-state index contributed by atoms with van der Waals surface area (Å²) in [5, 5.41) is 0.342. The average molecular weight is 589 g/mol. The number of esters is 1. The fourth-order valence-corrected chi connectivity index (χ4v) is 3.61. The number of carbonyl (C=O) groups is 1. The monoisotopic (exact) mass is 587 g/mol. The van der Waals surface area contributed by atoms with E-state index >= 15 is 0 Å². The Balaban J connectivity index is 0.00000166. The molecule has 2 N–H and O–H groups in total. The third-order valence-corrected chi connectivity index (χ3v) is 6.55. The van der Waals surface area contributed by atoms with Crippen LogP contribution in [0.5, 0.6) is 0 Å². The van der Waals surface area contributed by atoms with Gasteiger partial charge in [-0.25, -0.2) is 9.78 Å². The largest absolute Gasteiger partial charge is 2.00 e. The molecule has 0 atom stereocenters. The number of benzene rings is 1. The van der Waals surface area contributed by atoms with E-state index in [0.29, 0.717) is 17.1 Å². The van der Waals surface area contributed by atoms with Crippen molar-refractivity contribution < 1.29 is 43.7 Å². The minimum atomic E-state index is -0.658. The summed E-state index contributed by atoms with van der Waals surface area (Å²) >= 11 is 0. The maximum atomic E-state index is 12.9. The van der Waals surface area contributed by atoms with Crippen molar-refractivity contribution in [2.45, 2.75) is 72.1 Å². The third-order valence-electron chi connectivity index (χ3n) is 6.55. The normalized spacial score (nSPS) is 16.3. The number of aromatic nitrogens is 2. The smallest absolute Gasteiger partial charge is 1.00 e. The van der Waals surface area contributed by atoms with Gasteiger partial charge in [-0.2, -0.15) is 0 Å². The minimum absolute atomic E-state index is 0. The number of pyridine rings is 2. The summed E-state index contributed by atoms with van der Waals surface area (Å²) in [5.74, 6) is -0.658. The molecule has 2 aliphatic rings. The van der Waals surface area contributed by atoms with Crippen LogP contribution in [0.25, 0.3) is 16.7 Å². The maximum absolute atomic E-state index is 12.9. The second kappa shape index (κ2) is 14.8. The summed E-state index contributed by atoms with van der Waals surface area (Å²) in [4.78, 5) is 29.7. The topological polar surface area (TPSA) is 106 Å². The van der Waals surface area contributed by atoms with Crippen molar-refractivity contribution in [2.24, 2.45) is 5.73 Å². The molecule has 1 aliphatic carbocycles. The summed E-state index contributed by atoms with van der Waals surface area (Å²) in [6.45, 7) is 9.89. The number of rotatable bonds is 4. The number of hydrogen-bond acceptors (Lipinski definition) is 7. The van der Waals surface area contributed by atoms with E-state index in [0.717, 1.165) is 11.2 Å². The Labute approximate surface area is 259 Å². The van der Waals surface area contributed by atoms with Gasteiger partial charge >= 0.3 is 36.1 Å². The summed E-state index contributed by atoms with van der Waals surface area (Å²) in [5.41, 5.74) is 5.86. The van der Waals surface area contributed by atoms with Crippen LogP contribution in [-0.2, 0) is 14.0 Å². The van der Waals surface area contributed by atoms with E-state index in [-0.39, 0.29) is 67.5 Å². The second-order valence-electron chi connectivity index (χ2n) is 9.86. The van der Waals surface area contributed by atoms with Gasteiger partial charge in [0.25, 0.3) is 0 Å². The van der Waals surface area contributed by atoms with Crippen LogP contribution in [0, 0.1) is 0 Å². The van der Waals surface area contributed by atoms with Crippen molar-refractivity contribution in [1.82, 2.24) is 9.55 Å². The number of halogens is 2. The Morgan fingerprint density at radius 2 is 1.72 bits per heavy atom. The van der Waals surface area contributed by atoms with E-state index < -0.39 is 29.7 Å². The van der Waals surface area contributed by atoms with Crippen molar-refractivity contribution in [1.29, 1.82) is 0 Å². The molecule has 1 aromatic carbocycles. The molecule has 208 valence electrons. The summed E-state index contributed by atoms with van der Waals surface area (Å²) in [7, 11) is -0.534. The average Bonchev–Trinajstić information content (AvgIpc) is 3.57.